The predicted octanol–water partition coefficient (Wildman–Crippen LogP) is 3.41. The Bertz CT molecular complexity index is 544. The van der Waals surface area contributed by atoms with Gasteiger partial charge in [0.05, 0.1) is 6.04 Å². The van der Waals surface area contributed by atoms with Gasteiger partial charge in [0.2, 0.25) is 0 Å². The fraction of sp³-hybridized carbons (Fsp3) is 0.529. The van der Waals surface area contributed by atoms with Crippen molar-refractivity contribution in [1.29, 1.82) is 0 Å². The quantitative estimate of drug-likeness (QED) is 0.931. The number of furan rings is 1. The SMILES string of the molecule is CC1CCN(C(CN)c2cc3ccccc3o2)CC1C. The minimum Gasteiger partial charge on any atom is -0.459 e. The molecule has 2 heterocycles. The Kier molecular flexibility index (Phi) is 3.81. The molecule has 3 atom stereocenters. The molecule has 1 fully saturated rings. The van der Waals surface area contributed by atoms with Crippen molar-refractivity contribution in [3.8, 4) is 0 Å². The van der Waals surface area contributed by atoms with Gasteiger partial charge < -0.3 is 10.2 Å². The first-order chi connectivity index (χ1) is 9.69. The molecule has 0 radical (unpaired) electrons. The zero-order valence-corrected chi connectivity index (χ0v) is 12.4. The van der Waals surface area contributed by atoms with E-state index in [1.165, 1.54) is 11.8 Å². The van der Waals surface area contributed by atoms with Gasteiger partial charge in [-0.3, -0.25) is 4.90 Å². The van der Waals surface area contributed by atoms with E-state index in [4.69, 9.17) is 10.2 Å². The minimum atomic E-state index is 0.206. The smallest absolute Gasteiger partial charge is 0.134 e. The Hall–Kier alpha value is -1.32. The maximum atomic E-state index is 6.04. The lowest BCUT2D eigenvalue weighted by molar-refractivity contribution is 0.0890. The van der Waals surface area contributed by atoms with E-state index in [9.17, 15) is 0 Å². The Morgan fingerprint density at radius 3 is 2.80 bits per heavy atom. The fourth-order valence-electron chi connectivity index (χ4n) is 3.19. The van der Waals surface area contributed by atoms with Crippen molar-refractivity contribution in [2.24, 2.45) is 17.6 Å². The number of para-hydroxylation sites is 1. The molecule has 2 aromatic rings. The molecule has 2 N–H and O–H groups in total. The molecule has 20 heavy (non-hydrogen) atoms. The third-order valence-electron chi connectivity index (χ3n) is 4.80. The van der Waals surface area contributed by atoms with Crippen LogP contribution in [0.4, 0.5) is 0 Å². The van der Waals surface area contributed by atoms with Crippen molar-refractivity contribution in [3.63, 3.8) is 0 Å². The lowest BCUT2D eigenvalue weighted by Gasteiger charge is -2.39. The summed E-state index contributed by atoms with van der Waals surface area (Å²) in [6, 6.07) is 10.5. The van der Waals surface area contributed by atoms with Crippen LogP contribution >= 0.6 is 0 Å². The Morgan fingerprint density at radius 1 is 1.30 bits per heavy atom. The molecule has 1 aromatic carbocycles. The summed E-state index contributed by atoms with van der Waals surface area (Å²) in [5, 5.41) is 1.17. The highest BCUT2D eigenvalue weighted by molar-refractivity contribution is 5.77. The van der Waals surface area contributed by atoms with Crippen LogP contribution in [0.25, 0.3) is 11.0 Å². The second kappa shape index (κ2) is 5.58. The molecular formula is C17H24N2O. The molecule has 108 valence electrons. The van der Waals surface area contributed by atoms with E-state index >= 15 is 0 Å². The van der Waals surface area contributed by atoms with Gasteiger partial charge in [0.15, 0.2) is 0 Å². The van der Waals surface area contributed by atoms with Crippen LogP contribution in [0, 0.1) is 11.8 Å². The first-order valence-corrected chi connectivity index (χ1v) is 7.61. The van der Waals surface area contributed by atoms with Gasteiger partial charge in [-0.05, 0) is 36.9 Å². The molecule has 1 saturated heterocycles. The van der Waals surface area contributed by atoms with Gasteiger partial charge in [-0.2, -0.15) is 0 Å². The van der Waals surface area contributed by atoms with Gasteiger partial charge in [0, 0.05) is 18.5 Å². The van der Waals surface area contributed by atoms with E-state index < -0.39 is 0 Å². The monoisotopic (exact) mass is 272 g/mol. The fourth-order valence-corrected chi connectivity index (χ4v) is 3.19. The zero-order valence-electron chi connectivity index (χ0n) is 12.4. The van der Waals surface area contributed by atoms with Gasteiger partial charge in [-0.15, -0.1) is 0 Å². The van der Waals surface area contributed by atoms with E-state index in [0.717, 1.165) is 36.3 Å². The summed E-state index contributed by atoms with van der Waals surface area (Å²) in [5.41, 5.74) is 6.99. The second-order valence-electron chi connectivity index (χ2n) is 6.18. The Balaban J connectivity index is 1.85. The van der Waals surface area contributed by atoms with Crippen molar-refractivity contribution in [3.05, 3.63) is 36.1 Å². The van der Waals surface area contributed by atoms with Crippen LogP contribution in [0.3, 0.4) is 0 Å². The lowest BCUT2D eigenvalue weighted by atomic mass is 9.88. The van der Waals surface area contributed by atoms with Gasteiger partial charge >= 0.3 is 0 Å². The van der Waals surface area contributed by atoms with Crippen molar-refractivity contribution < 1.29 is 4.42 Å². The molecule has 0 bridgehead atoms. The molecule has 3 unspecified atom stereocenters. The van der Waals surface area contributed by atoms with Crippen molar-refractivity contribution in [1.82, 2.24) is 4.90 Å². The van der Waals surface area contributed by atoms with Crippen molar-refractivity contribution in [2.45, 2.75) is 26.3 Å². The summed E-state index contributed by atoms with van der Waals surface area (Å²) in [5.74, 6) is 2.54. The summed E-state index contributed by atoms with van der Waals surface area (Å²) in [6.45, 7) is 7.52. The topological polar surface area (TPSA) is 42.4 Å². The second-order valence-corrected chi connectivity index (χ2v) is 6.18. The van der Waals surface area contributed by atoms with Crippen LogP contribution in [0.2, 0.25) is 0 Å². The van der Waals surface area contributed by atoms with E-state index in [0.29, 0.717) is 6.54 Å². The number of nitrogens with zero attached hydrogens (tertiary/aromatic N) is 1. The first kappa shape index (κ1) is 13.7. The largest absolute Gasteiger partial charge is 0.459 e. The van der Waals surface area contributed by atoms with Crippen LogP contribution in [0.5, 0.6) is 0 Å². The van der Waals surface area contributed by atoms with Gasteiger partial charge in [-0.1, -0.05) is 32.0 Å². The number of nitrogens with two attached hydrogens (primary N) is 1. The van der Waals surface area contributed by atoms with E-state index in [-0.39, 0.29) is 6.04 Å². The highest BCUT2D eigenvalue weighted by Gasteiger charge is 2.29. The summed E-state index contributed by atoms with van der Waals surface area (Å²) >= 11 is 0. The molecule has 3 heteroatoms. The minimum absolute atomic E-state index is 0.206. The molecule has 0 aliphatic carbocycles. The van der Waals surface area contributed by atoms with Crippen LogP contribution in [-0.4, -0.2) is 24.5 Å². The molecule has 0 spiro atoms. The number of benzene rings is 1. The molecule has 1 aromatic heterocycles. The average molecular weight is 272 g/mol. The molecule has 1 aliphatic rings. The third-order valence-corrected chi connectivity index (χ3v) is 4.80. The van der Waals surface area contributed by atoms with Crippen LogP contribution in [0.1, 0.15) is 32.1 Å². The van der Waals surface area contributed by atoms with E-state index in [1.54, 1.807) is 0 Å². The van der Waals surface area contributed by atoms with Crippen molar-refractivity contribution >= 4 is 11.0 Å². The molecular weight excluding hydrogens is 248 g/mol. The molecule has 3 rings (SSSR count). The van der Waals surface area contributed by atoms with Gasteiger partial charge in [0.1, 0.15) is 11.3 Å². The summed E-state index contributed by atoms with van der Waals surface area (Å²) < 4.78 is 6.01. The summed E-state index contributed by atoms with van der Waals surface area (Å²) in [6.07, 6.45) is 1.25. The highest BCUT2D eigenvalue weighted by atomic mass is 16.3. The average Bonchev–Trinajstić information content (AvgIpc) is 2.87. The Labute approximate surface area is 120 Å². The number of piperidine rings is 1. The molecule has 1 aliphatic heterocycles. The van der Waals surface area contributed by atoms with Crippen molar-refractivity contribution in [2.75, 3.05) is 19.6 Å². The van der Waals surface area contributed by atoms with E-state index in [2.05, 4.69) is 30.9 Å². The Morgan fingerprint density at radius 2 is 2.10 bits per heavy atom. The number of likely N-dealkylation sites (tertiary alicyclic amines) is 1. The van der Waals surface area contributed by atoms with Gasteiger partial charge in [-0.25, -0.2) is 0 Å². The molecule has 3 nitrogen and oxygen atoms in total. The maximum absolute atomic E-state index is 6.04. The zero-order chi connectivity index (χ0) is 14.1. The number of hydrogen-bond acceptors (Lipinski definition) is 3. The van der Waals surface area contributed by atoms with Crippen LogP contribution < -0.4 is 5.73 Å². The number of fused-ring (bicyclic) bond motifs is 1. The predicted molar refractivity (Wildman–Crippen MR) is 82.5 cm³/mol. The number of rotatable bonds is 3. The lowest BCUT2D eigenvalue weighted by Crippen LogP contribution is -2.42. The van der Waals surface area contributed by atoms with Crippen LogP contribution in [-0.2, 0) is 0 Å². The summed E-state index contributed by atoms with van der Waals surface area (Å²) in [4.78, 5) is 2.49. The highest BCUT2D eigenvalue weighted by Crippen LogP contribution is 2.32. The standard InChI is InChI=1S/C17H24N2O/c1-12-7-8-19(11-13(12)2)15(10-18)17-9-14-5-3-4-6-16(14)20-17/h3-6,9,12-13,15H,7-8,10-11,18H2,1-2H3. The first-order valence-electron chi connectivity index (χ1n) is 7.61. The maximum Gasteiger partial charge on any atom is 0.134 e. The third kappa shape index (κ3) is 2.48. The normalized spacial score (nSPS) is 25.9. The molecule has 0 amide bonds. The van der Waals surface area contributed by atoms with Crippen LogP contribution in [0.15, 0.2) is 34.7 Å². The molecule has 0 saturated carbocycles. The number of hydrogen-bond donors (Lipinski definition) is 1. The van der Waals surface area contributed by atoms with Gasteiger partial charge in [0.25, 0.3) is 0 Å². The van der Waals surface area contributed by atoms with E-state index in [1.807, 2.05) is 18.2 Å². The summed E-state index contributed by atoms with van der Waals surface area (Å²) in [7, 11) is 0.